The topological polar surface area (TPSA) is 51.4 Å². The highest BCUT2D eigenvalue weighted by molar-refractivity contribution is 5.36. The van der Waals surface area contributed by atoms with Crippen molar-refractivity contribution in [1.82, 2.24) is 9.88 Å². The van der Waals surface area contributed by atoms with Crippen molar-refractivity contribution >= 4 is 5.69 Å². The number of hydrogen-bond acceptors (Lipinski definition) is 4. The summed E-state index contributed by atoms with van der Waals surface area (Å²) >= 11 is 0. The van der Waals surface area contributed by atoms with Crippen molar-refractivity contribution in [3.8, 4) is 5.88 Å². The van der Waals surface area contributed by atoms with Crippen LogP contribution in [0.25, 0.3) is 0 Å². The molecule has 0 aromatic carbocycles. The third kappa shape index (κ3) is 2.69. The zero-order chi connectivity index (χ0) is 11.7. The summed E-state index contributed by atoms with van der Waals surface area (Å²) in [5.41, 5.74) is 6.27. The molecule has 0 bridgehead atoms. The molecule has 1 aliphatic carbocycles. The summed E-state index contributed by atoms with van der Waals surface area (Å²) in [6, 6.07) is 4.56. The van der Waals surface area contributed by atoms with Gasteiger partial charge in [-0.25, -0.2) is 4.98 Å². The molecule has 1 saturated carbocycles. The second-order valence-corrected chi connectivity index (χ2v) is 5.01. The lowest BCUT2D eigenvalue weighted by Crippen LogP contribution is -2.39. The van der Waals surface area contributed by atoms with Crippen LogP contribution in [0.1, 0.15) is 25.7 Å². The Hall–Kier alpha value is -1.29. The van der Waals surface area contributed by atoms with Crippen molar-refractivity contribution in [3.63, 3.8) is 0 Å². The molecular formula is C13H19N3O. The standard InChI is InChI=1S/C13H19N3O/c14-10-1-4-13(15-9-10)17-12-5-7-16(8-6-12)11-2-3-11/h1,4,9,11-12H,2-3,5-8,14H2. The molecule has 2 aliphatic rings. The lowest BCUT2D eigenvalue weighted by molar-refractivity contribution is 0.0930. The Balaban J connectivity index is 1.51. The van der Waals surface area contributed by atoms with Gasteiger partial charge < -0.3 is 15.4 Å². The summed E-state index contributed by atoms with van der Waals surface area (Å²) < 4.78 is 5.87. The van der Waals surface area contributed by atoms with E-state index in [0.29, 0.717) is 17.7 Å². The van der Waals surface area contributed by atoms with Gasteiger partial charge in [-0.05, 0) is 31.7 Å². The molecule has 1 saturated heterocycles. The van der Waals surface area contributed by atoms with Crippen molar-refractivity contribution in [2.45, 2.75) is 37.8 Å². The smallest absolute Gasteiger partial charge is 0.213 e. The van der Waals surface area contributed by atoms with Gasteiger partial charge in [-0.15, -0.1) is 0 Å². The van der Waals surface area contributed by atoms with Gasteiger partial charge in [-0.3, -0.25) is 0 Å². The molecule has 0 spiro atoms. The van der Waals surface area contributed by atoms with Gasteiger partial charge in [0, 0.05) is 25.2 Å². The van der Waals surface area contributed by atoms with Crippen LogP contribution in [0.5, 0.6) is 5.88 Å². The van der Waals surface area contributed by atoms with Crippen LogP contribution in [0.4, 0.5) is 5.69 Å². The van der Waals surface area contributed by atoms with Crippen molar-refractivity contribution in [2.24, 2.45) is 0 Å². The lowest BCUT2D eigenvalue weighted by Gasteiger charge is -2.31. The number of pyridine rings is 1. The molecule has 1 aromatic heterocycles. The summed E-state index contributed by atoms with van der Waals surface area (Å²) in [6.07, 6.45) is 6.98. The van der Waals surface area contributed by atoms with E-state index in [9.17, 15) is 0 Å². The maximum absolute atomic E-state index is 5.87. The predicted octanol–water partition coefficient (Wildman–Crippen LogP) is 1.67. The number of anilines is 1. The largest absolute Gasteiger partial charge is 0.474 e. The van der Waals surface area contributed by atoms with E-state index in [2.05, 4.69) is 9.88 Å². The first-order valence-corrected chi connectivity index (χ1v) is 6.43. The van der Waals surface area contributed by atoms with Gasteiger partial charge in [-0.2, -0.15) is 0 Å². The molecule has 1 aliphatic heterocycles. The minimum absolute atomic E-state index is 0.320. The molecule has 4 heteroatoms. The van der Waals surface area contributed by atoms with Crippen LogP contribution < -0.4 is 10.5 Å². The fourth-order valence-electron chi connectivity index (χ4n) is 2.43. The molecule has 0 unspecified atom stereocenters. The van der Waals surface area contributed by atoms with Crippen LogP contribution in [-0.4, -0.2) is 35.1 Å². The molecule has 3 rings (SSSR count). The van der Waals surface area contributed by atoms with E-state index in [1.54, 1.807) is 6.20 Å². The van der Waals surface area contributed by atoms with E-state index in [-0.39, 0.29) is 0 Å². The Labute approximate surface area is 102 Å². The molecule has 2 heterocycles. The Morgan fingerprint density at radius 2 is 1.94 bits per heavy atom. The Morgan fingerprint density at radius 1 is 1.18 bits per heavy atom. The Morgan fingerprint density at radius 3 is 2.53 bits per heavy atom. The number of likely N-dealkylation sites (tertiary alicyclic amines) is 1. The first-order chi connectivity index (χ1) is 8.31. The third-order valence-corrected chi connectivity index (χ3v) is 3.59. The number of rotatable bonds is 3. The predicted molar refractivity (Wildman–Crippen MR) is 66.9 cm³/mol. The third-order valence-electron chi connectivity index (χ3n) is 3.59. The second kappa shape index (κ2) is 4.53. The van der Waals surface area contributed by atoms with Gasteiger partial charge in [-0.1, -0.05) is 0 Å². The highest BCUT2D eigenvalue weighted by Gasteiger charge is 2.32. The minimum Gasteiger partial charge on any atom is -0.474 e. The van der Waals surface area contributed by atoms with Gasteiger partial charge in [0.25, 0.3) is 0 Å². The quantitative estimate of drug-likeness (QED) is 0.862. The van der Waals surface area contributed by atoms with Crippen LogP contribution in [0.15, 0.2) is 18.3 Å². The number of nitrogen functional groups attached to an aromatic ring is 1. The van der Waals surface area contributed by atoms with Crippen LogP contribution in [0.3, 0.4) is 0 Å². The zero-order valence-corrected chi connectivity index (χ0v) is 10.0. The normalized spacial score (nSPS) is 22.6. The van der Waals surface area contributed by atoms with Gasteiger partial charge in [0.15, 0.2) is 0 Å². The molecule has 2 N–H and O–H groups in total. The molecule has 0 atom stereocenters. The highest BCUT2D eigenvalue weighted by atomic mass is 16.5. The molecule has 0 amide bonds. The van der Waals surface area contributed by atoms with Crippen LogP contribution in [0, 0.1) is 0 Å². The molecular weight excluding hydrogens is 214 g/mol. The number of aromatic nitrogens is 1. The molecule has 92 valence electrons. The molecule has 4 nitrogen and oxygen atoms in total. The van der Waals surface area contributed by atoms with Crippen molar-refractivity contribution < 1.29 is 4.74 Å². The van der Waals surface area contributed by atoms with E-state index in [0.717, 1.165) is 18.9 Å². The van der Waals surface area contributed by atoms with Gasteiger partial charge >= 0.3 is 0 Å². The maximum atomic E-state index is 5.87. The highest BCUT2D eigenvalue weighted by Crippen LogP contribution is 2.30. The first-order valence-electron chi connectivity index (χ1n) is 6.43. The number of piperidine rings is 1. The van der Waals surface area contributed by atoms with Gasteiger partial charge in [0.2, 0.25) is 5.88 Å². The van der Waals surface area contributed by atoms with Crippen LogP contribution in [0.2, 0.25) is 0 Å². The molecule has 17 heavy (non-hydrogen) atoms. The first kappa shape index (κ1) is 10.8. The lowest BCUT2D eigenvalue weighted by atomic mass is 10.1. The Kier molecular flexibility index (Phi) is 2.89. The van der Waals surface area contributed by atoms with E-state index in [1.807, 2.05) is 12.1 Å². The van der Waals surface area contributed by atoms with E-state index >= 15 is 0 Å². The number of nitrogens with two attached hydrogens (primary N) is 1. The summed E-state index contributed by atoms with van der Waals surface area (Å²) in [4.78, 5) is 6.77. The fraction of sp³-hybridized carbons (Fsp3) is 0.615. The minimum atomic E-state index is 0.320. The zero-order valence-electron chi connectivity index (χ0n) is 10.0. The summed E-state index contributed by atoms with van der Waals surface area (Å²) in [5.74, 6) is 0.698. The van der Waals surface area contributed by atoms with Gasteiger partial charge in [0.05, 0.1) is 11.9 Å². The number of nitrogens with zero attached hydrogens (tertiary/aromatic N) is 2. The maximum Gasteiger partial charge on any atom is 0.213 e. The van der Waals surface area contributed by atoms with Crippen molar-refractivity contribution in [3.05, 3.63) is 18.3 Å². The van der Waals surface area contributed by atoms with E-state index in [1.165, 1.54) is 25.9 Å². The average Bonchev–Trinajstić information content (AvgIpc) is 3.17. The summed E-state index contributed by atoms with van der Waals surface area (Å²) in [6.45, 7) is 2.34. The van der Waals surface area contributed by atoms with E-state index < -0.39 is 0 Å². The molecule has 0 radical (unpaired) electrons. The molecule has 2 fully saturated rings. The van der Waals surface area contributed by atoms with Crippen molar-refractivity contribution in [1.29, 1.82) is 0 Å². The fourth-order valence-corrected chi connectivity index (χ4v) is 2.43. The van der Waals surface area contributed by atoms with Crippen LogP contribution in [-0.2, 0) is 0 Å². The second-order valence-electron chi connectivity index (χ2n) is 5.01. The van der Waals surface area contributed by atoms with Crippen LogP contribution >= 0.6 is 0 Å². The number of ether oxygens (including phenoxy) is 1. The summed E-state index contributed by atoms with van der Waals surface area (Å²) in [5, 5.41) is 0. The van der Waals surface area contributed by atoms with Crippen molar-refractivity contribution in [2.75, 3.05) is 18.8 Å². The molecule has 1 aromatic rings. The van der Waals surface area contributed by atoms with Gasteiger partial charge in [0.1, 0.15) is 6.10 Å². The SMILES string of the molecule is Nc1ccc(OC2CCN(C3CC3)CC2)nc1. The van der Waals surface area contributed by atoms with E-state index in [4.69, 9.17) is 10.5 Å². The summed E-state index contributed by atoms with van der Waals surface area (Å²) in [7, 11) is 0. The average molecular weight is 233 g/mol. The Bertz CT molecular complexity index is 367. The number of hydrogen-bond donors (Lipinski definition) is 1. The monoisotopic (exact) mass is 233 g/mol.